The molecule has 0 fully saturated rings. The van der Waals surface area contributed by atoms with Gasteiger partial charge in [0.1, 0.15) is 17.6 Å². The summed E-state index contributed by atoms with van der Waals surface area (Å²) in [5.41, 5.74) is 1.87. The van der Waals surface area contributed by atoms with Gasteiger partial charge < -0.3 is 14.7 Å². The van der Waals surface area contributed by atoms with Crippen LogP contribution in [0.1, 0.15) is 17.2 Å². The molecule has 2 rings (SSSR count). The van der Waals surface area contributed by atoms with Crippen molar-refractivity contribution in [1.29, 1.82) is 0 Å². The highest BCUT2D eigenvalue weighted by Crippen LogP contribution is 2.29. The van der Waals surface area contributed by atoms with E-state index in [2.05, 4.69) is 9.47 Å². The van der Waals surface area contributed by atoms with Gasteiger partial charge in [0, 0.05) is 9.47 Å². The minimum Gasteiger partial charge on any atom is -0.508 e. The zero-order chi connectivity index (χ0) is 12.3. The van der Waals surface area contributed by atoms with E-state index in [1.165, 1.54) is 0 Å². The molecule has 3 nitrogen and oxygen atoms in total. The van der Waals surface area contributed by atoms with Gasteiger partial charge in [-0.05, 0) is 35.4 Å². The van der Waals surface area contributed by atoms with Gasteiger partial charge in [0.05, 0.1) is 0 Å². The monoisotopic (exact) mass is 248 g/mol. The fourth-order valence-corrected chi connectivity index (χ4v) is 1.96. The van der Waals surface area contributed by atoms with Crippen molar-refractivity contribution < 1.29 is 14.7 Å². The van der Waals surface area contributed by atoms with E-state index in [-0.39, 0.29) is 17.6 Å². The quantitative estimate of drug-likeness (QED) is 0.821. The molecular formula is C13H13O3P. The number of hydrogen-bond donors (Lipinski definition) is 2. The molecule has 0 aliphatic heterocycles. The topological polar surface area (TPSA) is 49.7 Å². The van der Waals surface area contributed by atoms with Crippen molar-refractivity contribution in [3.63, 3.8) is 0 Å². The van der Waals surface area contributed by atoms with E-state index in [4.69, 9.17) is 4.52 Å². The number of phenolic OH excluding ortho intramolecular Hbond substituents is 2. The Bertz CT molecular complexity index is 434. The highest BCUT2D eigenvalue weighted by Gasteiger charge is 2.13. The maximum atomic E-state index is 9.24. The molecule has 2 aromatic carbocycles. The summed E-state index contributed by atoms with van der Waals surface area (Å²) in [7, 11) is 2.24. The molecule has 0 saturated carbocycles. The molecule has 88 valence electrons. The minimum atomic E-state index is -0.235. The zero-order valence-electron chi connectivity index (χ0n) is 9.08. The van der Waals surface area contributed by atoms with Crippen LogP contribution in [0, 0.1) is 0 Å². The predicted molar refractivity (Wildman–Crippen MR) is 68.9 cm³/mol. The Balaban J connectivity index is 2.33. The molecule has 0 spiro atoms. The lowest BCUT2D eigenvalue weighted by Gasteiger charge is -2.16. The summed E-state index contributed by atoms with van der Waals surface area (Å²) in [4.78, 5) is 0. The molecular weight excluding hydrogens is 235 g/mol. The van der Waals surface area contributed by atoms with E-state index in [0.717, 1.165) is 11.1 Å². The van der Waals surface area contributed by atoms with Gasteiger partial charge in [0.2, 0.25) is 0 Å². The largest absolute Gasteiger partial charge is 0.508 e. The van der Waals surface area contributed by atoms with Gasteiger partial charge in [0.25, 0.3) is 0 Å². The number of aromatic hydroxyl groups is 2. The van der Waals surface area contributed by atoms with Crippen LogP contribution in [0.4, 0.5) is 0 Å². The molecule has 0 saturated heterocycles. The molecule has 1 unspecified atom stereocenters. The lowest BCUT2D eigenvalue weighted by Crippen LogP contribution is -2.00. The smallest absolute Gasteiger partial charge is 0.115 e. The van der Waals surface area contributed by atoms with Crippen LogP contribution in [0.25, 0.3) is 0 Å². The Morgan fingerprint density at radius 2 is 1.12 bits per heavy atom. The van der Waals surface area contributed by atoms with E-state index in [1.54, 1.807) is 48.5 Å². The van der Waals surface area contributed by atoms with Gasteiger partial charge in [-0.2, -0.15) is 0 Å². The lowest BCUT2D eigenvalue weighted by molar-refractivity contribution is 0.293. The molecule has 1 atom stereocenters. The first kappa shape index (κ1) is 11.9. The van der Waals surface area contributed by atoms with Crippen molar-refractivity contribution >= 4 is 9.47 Å². The zero-order valence-corrected chi connectivity index (χ0v) is 10.2. The Labute approximate surface area is 102 Å². The van der Waals surface area contributed by atoms with E-state index in [1.807, 2.05) is 0 Å². The third-order valence-electron chi connectivity index (χ3n) is 2.53. The molecule has 2 N–H and O–H groups in total. The third kappa shape index (κ3) is 2.76. The molecule has 0 bridgehead atoms. The number of phenols is 2. The van der Waals surface area contributed by atoms with Crippen LogP contribution in [0.2, 0.25) is 0 Å². The minimum absolute atomic E-state index is 0.224. The first-order valence-electron chi connectivity index (χ1n) is 5.14. The van der Waals surface area contributed by atoms with Crippen molar-refractivity contribution in [2.45, 2.75) is 6.10 Å². The van der Waals surface area contributed by atoms with Gasteiger partial charge in [0.15, 0.2) is 0 Å². The van der Waals surface area contributed by atoms with Gasteiger partial charge >= 0.3 is 0 Å². The van der Waals surface area contributed by atoms with Crippen molar-refractivity contribution in [3.05, 3.63) is 59.7 Å². The molecule has 2 aromatic rings. The summed E-state index contributed by atoms with van der Waals surface area (Å²) in [5.74, 6) is 0.448. The second-order valence-corrected chi connectivity index (χ2v) is 3.97. The molecule has 0 aliphatic carbocycles. The van der Waals surface area contributed by atoms with E-state index < -0.39 is 0 Å². The molecule has 17 heavy (non-hydrogen) atoms. The van der Waals surface area contributed by atoms with Crippen molar-refractivity contribution in [3.8, 4) is 11.5 Å². The summed E-state index contributed by atoms with van der Waals surface area (Å²) < 4.78 is 5.36. The highest BCUT2D eigenvalue weighted by molar-refractivity contribution is 7.09. The summed E-state index contributed by atoms with van der Waals surface area (Å²) >= 11 is 0. The molecule has 0 radical (unpaired) electrons. The van der Waals surface area contributed by atoms with Crippen molar-refractivity contribution in [2.75, 3.05) is 0 Å². The van der Waals surface area contributed by atoms with Gasteiger partial charge in [-0.3, -0.25) is 0 Å². The molecule has 4 heteroatoms. The van der Waals surface area contributed by atoms with Crippen LogP contribution < -0.4 is 0 Å². The molecule has 0 heterocycles. The van der Waals surface area contributed by atoms with Crippen LogP contribution in [0.3, 0.4) is 0 Å². The maximum Gasteiger partial charge on any atom is 0.115 e. The van der Waals surface area contributed by atoms with Gasteiger partial charge in [-0.25, -0.2) is 0 Å². The molecule has 0 aromatic heterocycles. The fourth-order valence-electron chi connectivity index (χ4n) is 1.65. The SMILES string of the molecule is Oc1ccc(C(OP)c2ccc(O)cc2)cc1. The standard InChI is InChI=1S/C13H13O3P/c14-11-5-1-9(2-6-11)13(16-17)10-3-7-12(15)8-4-10/h1-8,13-15H,17H2. The molecule has 0 aliphatic rings. The second-order valence-electron chi connectivity index (χ2n) is 3.70. The normalized spacial score (nSPS) is 10.7. The molecule has 0 amide bonds. The van der Waals surface area contributed by atoms with Gasteiger partial charge in [-0.15, -0.1) is 0 Å². The number of hydrogen-bond acceptors (Lipinski definition) is 3. The second kappa shape index (κ2) is 5.17. The maximum absolute atomic E-state index is 9.24. The Hall–Kier alpha value is -1.57. The fraction of sp³-hybridized carbons (Fsp3) is 0.0769. The van der Waals surface area contributed by atoms with E-state index in [9.17, 15) is 10.2 Å². The summed E-state index contributed by atoms with van der Waals surface area (Å²) in [6, 6.07) is 13.7. The highest BCUT2D eigenvalue weighted by atomic mass is 31.0. The van der Waals surface area contributed by atoms with Gasteiger partial charge in [-0.1, -0.05) is 24.3 Å². The van der Waals surface area contributed by atoms with Crippen LogP contribution in [0.5, 0.6) is 11.5 Å². The lowest BCUT2D eigenvalue weighted by atomic mass is 10.0. The predicted octanol–water partition coefficient (Wildman–Crippen LogP) is 2.99. The van der Waals surface area contributed by atoms with E-state index >= 15 is 0 Å². The number of rotatable bonds is 3. The van der Waals surface area contributed by atoms with E-state index in [0.29, 0.717) is 0 Å². The first-order chi connectivity index (χ1) is 8.20. The summed E-state index contributed by atoms with van der Waals surface area (Å²) in [6.45, 7) is 0. The number of benzene rings is 2. The van der Waals surface area contributed by atoms with Crippen LogP contribution in [-0.2, 0) is 4.52 Å². The Morgan fingerprint density at radius 3 is 1.41 bits per heavy atom. The van der Waals surface area contributed by atoms with Crippen molar-refractivity contribution in [2.24, 2.45) is 0 Å². The van der Waals surface area contributed by atoms with Crippen LogP contribution >= 0.6 is 9.47 Å². The average Bonchev–Trinajstić information content (AvgIpc) is 2.35. The third-order valence-corrected chi connectivity index (χ3v) is 2.80. The Kier molecular flexibility index (Phi) is 3.62. The van der Waals surface area contributed by atoms with Crippen molar-refractivity contribution in [1.82, 2.24) is 0 Å². The van der Waals surface area contributed by atoms with Crippen LogP contribution in [-0.4, -0.2) is 10.2 Å². The summed E-state index contributed by atoms with van der Waals surface area (Å²) in [5, 5.41) is 18.5. The summed E-state index contributed by atoms with van der Waals surface area (Å²) in [6.07, 6.45) is -0.235. The van der Waals surface area contributed by atoms with Crippen LogP contribution in [0.15, 0.2) is 48.5 Å². The average molecular weight is 248 g/mol. The first-order valence-corrected chi connectivity index (χ1v) is 5.61. The Morgan fingerprint density at radius 1 is 0.765 bits per heavy atom.